The molecular weight excluding hydrogens is 697 g/mol. The highest BCUT2D eigenvalue weighted by Crippen LogP contribution is 2.45. The molecule has 0 saturated heterocycles. The number of rotatable bonds is 6. The second-order valence-corrected chi connectivity index (χ2v) is 15.6. The fourth-order valence-electron chi connectivity index (χ4n) is 7.73. The van der Waals surface area contributed by atoms with Gasteiger partial charge in [0.1, 0.15) is 16.2 Å². The van der Waals surface area contributed by atoms with E-state index in [0.717, 1.165) is 66.2 Å². The van der Waals surface area contributed by atoms with Crippen molar-refractivity contribution in [3.63, 3.8) is 0 Å². The zero-order chi connectivity index (χ0) is 35.6. The predicted octanol–water partition coefficient (Wildman–Crippen LogP) is 15.0. The molecule has 0 aliphatic carbocycles. The number of aromatic nitrogens is 1. The number of para-hydroxylation sites is 2. The Hall–Kier alpha value is -6.53. The number of nitrogens with zero attached hydrogens (tertiary/aromatic N) is 2. The molecule has 0 aliphatic rings. The van der Waals surface area contributed by atoms with Crippen LogP contribution in [0, 0.1) is 0 Å². The molecule has 0 amide bonds. The summed E-state index contributed by atoms with van der Waals surface area (Å²) >= 11 is 3.59. The Balaban J connectivity index is 1.06. The van der Waals surface area contributed by atoms with E-state index in [9.17, 15) is 0 Å². The van der Waals surface area contributed by atoms with Crippen molar-refractivity contribution < 1.29 is 4.42 Å². The smallest absolute Gasteiger partial charge is 0.143 e. The Kier molecular flexibility index (Phi) is 7.22. The van der Waals surface area contributed by atoms with Gasteiger partial charge in [-0.05, 0) is 77.4 Å². The molecule has 0 atom stereocenters. The molecule has 0 saturated carbocycles. The molecule has 0 N–H and O–H groups in total. The van der Waals surface area contributed by atoms with Crippen LogP contribution < -0.4 is 4.90 Å². The first-order valence-corrected chi connectivity index (χ1v) is 19.7. The second kappa shape index (κ2) is 12.6. The average Bonchev–Trinajstić information content (AvgIpc) is 3.95. The second-order valence-electron chi connectivity index (χ2n) is 13.5. The van der Waals surface area contributed by atoms with Crippen molar-refractivity contribution in [2.75, 3.05) is 4.90 Å². The van der Waals surface area contributed by atoms with Gasteiger partial charge in [-0.25, -0.2) is 4.98 Å². The molecule has 3 heterocycles. The number of fused-ring (bicyclic) bond motifs is 8. The summed E-state index contributed by atoms with van der Waals surface area (Å²) in [7, 11) is 0. The van der Waals surface area contributed by atoms with Gasteiger partial charge in [-0.1, -0.05) is 121 Å². The molecule has 5 heteroatoms. The Labute approximate surface area is 319 Å². The number of thiazole rings is 1. The first kappa shape index (κ1) is 31.0. The SMILES string of the molecule is c1ccc(-c2ccc(N(c3ccc(-c4cccc5c4oc4ccccc45)cc3)c3ccc4sc5ccc6sc(-c7ccccc7)nc6c5c4c3)cc2)cc1. The van der Waals surface area contributed by atoms with E-state index in [0.29, 0.717) is 0 Å². The molecule has 11 rings (SSSR count). The Morgan fingerprint density at radius 2 is 1.04 bits per heavy atom. The quantitative estimate of drug-likeness (QED) is 0.171. The van der Waals surface area contributed by atoms with Crippen LogP contribution in [0.1, 0.15) is 0 Å². The molecule has 0 bridgehead atoms. The van der Waals surface area contributed by atoms with Crippen molar-refractivity contribution in [3.05, 3.63) is 182 Å². The van der Waals surface area contributed by atoms with Gasteiger partial charge in [0.25, 0.3) is 0 Å². The maximum atomic E-state index is 6.41. The van der Waals surface area contributed by atoms with E-state index in [-0.39, 0.29) is 0 Å². The number of furan rings is 1. The highest BCUT2D eigenvalue weighted by atomic mass is 32.1. The number of anilines is 3. The topological polar surface area (TPSA) is 29.3 Å². The molecule has 254 valence electrons. The first-order chi connectivity index (χ1) is 26.7. The van der Waals surface area contributed by atoms with Crippen LogP contribution in [0.3, 0.4) is 0 Å². The molecule has 8 aromatic carbocycles. The minimum Gasteiger partial charge on any atom is -0.455 e. The molecule has 0 radical (unpaired) electrons. The molecule has 3 nitrogen and oxygen atoms in total. The van der Waals surface area contributed by atoms with Gasteiger partial charge in [-0.3, -0.25) is 0 Å². The predicted molar refractivity (Wildman–Crippen MR) is 231 cm³/mol. The van der Waals surface area contributed by atoms with Crippen LogP contribution >= 0.6 is 22.7 Å². The standard InChI is InChI=1S/C49H30N2OS2/c1-3-10-31(11-4-1)32-18-22-35(23-19-32)51(36-24-20-33(21-25-36)38-15-9-16-40-39-14-7-8-17-42(39)52-48(38)40)37-26-27-43-41(30-37)46-44(53-43)28-29-45-47(46)50-49(54-45)34-12-5-2-6-13-34/h1-30H. The Morgan fingerprint density at radius 3 is 1.81 bits per heavy atom. The Bertz CT molecular complexity index is 3140. The number of thiophene rings is 1. The Morgan fingerprint density at radius 1 is 0.426 bits per heavy atom. The summed E-state index contributed by atoms with van der Waals surface area (Å²) in [5.41, 5.74) is 11.9. The third kappa shape index (κ3) is 5.12. The minimum absolute atomic E-state index is 0.907. The van der Waals surface area contributed by atoms with E-state index in [1.807, 2.05) is 23.5 Å². The van der Waals surface area contributed by atoms with Crippen molar-refractivity contribution in [3.8, 4) is 32.8 Å². The molecule has 0 spiro atoms. The summed E-state index contributed by atoms with van der Waals surface area (Å²) < 4.78 is 10.1. The van der Waals surface area contributed by atoms with E-state index in [1.165, 1.54) is 36.0 Å². The highest BCUT2D eigenvalue weighted by Gasteiger charge is 2.19. The molecule has 54 heavy (non-hydrogen) atoms. The van der Waals surface area contributed by atoms with Gasteiger partial charge in [0.05, 0.1) is 10.2 Å². The summed E-state index contributed by atoms with van der Waals surface area (Å²) in [6, 6.07) is 64.9. The third-order valence-corrected chi connectivity index (χ3v) is 12.5. The van der Waals surface area contributed by atoms with E-state index in [1.54, 1.807) is 11.3 Å². The van der Waals surface area contributed by atoms with Gasteiger partial charge in [-0.15, -0.1) is 22.7 Å². The summed E-state index contributed by atoms with van der Waals surface area (Å²) in [4.78, 5) is 7.60. The van der Waals surface area contributed by atoms with Crippen molar-refractivity contribution in [1.82, 2.24) is 4.98 Å². The molecule has 0 unspecified atom stereocenters. The van der Waals surface area contributed by atoms with E-state index < -0.39 is 0 Å². The van der Waals surface area contributed by atoms with Crippen LogP contribution in [0.5, 0.6) is 0 Å². The van der Waals surface area contributed by atoms with Gasteiger partial charge in [0, 0.05) is 59.1 Å². The van der Waals surface area contributed by atoms with Gasteiger partial charge < -0.3 is 9.32 Å². The maximum absolute atomic E-state index is 6.41. The van der Waals surface area contributed by atoms with Crippen LogP contribution in [-0.2, 0) is 0 Å². The minimum atomic E-state index is 0.907. The number of hydrogen-bond acceptors (Lipinski definition) is 5. The fourth-order valence-corrected chi connectivity index (χ4v) is 9.80. The molecule has 11 aromatic rings. The van der Waals surface area contributed by atoms with E-state index in [4.69, 9.17) is 9.40 Å². The summed E-state index contributed by atoms with van der Waals surface area (Å²) in [6.45, 7) is 0. The lowest BCUT2D eigenvalue weighted by Gasteiger charge is -2.26. The third-order valence-electron chi connectivity index (χ3n) is 10.3. The van der Waals surface area contributed by atoms with Crippen LogP contribution in [-0.4, -0.2) is 4.98 Å². The maximum Gasteiger partial charge on any atom is 0.143 e. The fraction of sp³-hybridized carbons (Fsp3) is 0. The zero-order valence-corrected chi connectivity index (χ0v) is 30.6. The lowest BCUT2D eigenvalue weighted by Crippen LogP contribution is -2.09. The largest absolute Gasteiger partial charge is 0.455 e. The highest BCUT2D eigenvalue weighted by molar-refractivity contribution is 7.26. The van der Waals surface area contributed by atoms with Crippen LogP contribution in [0.2, 0.25) is 0 Å². The molecule has 0 aliphatic heterocycles. The molecule has 3 aromatic heterocycles. The lowest BCUT2D eigenvalue weighted by molar-refractivity contribution is 0.670. The number of benzene rings is 8. The molecular formula is C49H30N2OS2. The van der Waals surface area contributed by atoms with E-state index in [2.05, 4.69) is 175 Å². The lowest BCUT2D eigenvalue weighted by atomic mass is 10.0. The average molecular weight is 727 g/mol. The summed E-state index contributed by atoms with van der Waals surface area (Å²) in [5, 5.41) is 5.77. The van der Waals surface area contributed by atoms with Gasteiger partial charge in [0.2, 0.25) is 0 Å². The zero-order valence-electron chi connectivity index (χ0n) is 28.9. The van der Waals surface area contributed by atoms with Gasteiger partial charge >= 0.3 is 0 Å². The van der Waals surface area contributed by atoms with E-state index >= 15 is 0 Å². The van der Waals surface area contributed by atoms with Crippen LogP contribution in [0.15, 0.2) is 186 Å². The first-order valence-electron chi connectivity index (χ1n) is 18.0. The van der Waals surface area contributed by atoms with Gasteiger partial charge in [-0.2, -0.15) is 0 Å². The summed E-state index contributed by atoms with van der Waals surface area (Å²) in [5.74, 6) is 0. The van der Waals surface area contributed by atoms with Crippen molar-refractivity contribution >= 4 is 92.1 Å². The van der Waals surface area contributed by atoms with Crippen molar-refractivity contribution in [2.24, 2.45) is 0 Å². The monoisotopic (exact) mass is 726 g/mol. The van der Waals surface area contributed by atoms with Crippen molar-refractivity contribution in [2.45, 2.75) is 0 Å². The van der Waals surface area contributed by atoms with Crippen LogP contribution in [0.4, 0.5) is 17.1 Å². The summed E-state index contributed by atoms with van der Waals surface area (Å²) in [6.07, 6.45) is 0. The normalized spacial score (nSPS) is 11.7. The van der Waals surface area contributed by atoms with Gasteiger partial charge in [0.15, 0.2) is 0 Å². The number of hydrogen-bond donors (Lipinski definition) is 0. The van der Waals surface area contributed by atoms with Crippen LogP contribution in [0.25, 0.3) is 85.2 Å². The molecule has 0 fully saturated rings. The van der Waals surface area contributed by atoms with Crippen molar-refractivity contribution in [1.29, 1.82) is 0 Å².